The zero-order valence-electron chi connectivity index (χ0n) is 12.3. The Morgan fingerprint density at radius 2 is 2.14 bits per heavy atom. The Balaban J connectivity index is 2.12. The van der Waals surface area contributed by atoms with Crippen LogP contribution in [0.2, 0.25) is 0 Å². The number of nitrogens with zero attached hydrogens (tertiary/aromatic N) is 3. The van der Waals surface area contributed by atoms with Crippen LogP contribution in [0.25, 0.3) is 0 Å². The van der Waals surface area contributed by atoms with Crippen molar-refractivity contribution in [3.05, 3.63) is 17.5 Å². The van der Waals surface area contributed by atoms with Crippen molar-refractivity contribution in [2.75, 3.05) is 17.2 Å². The maximum absolute atomic E-state index is 12.0. The fraction of sp³-hybridized carbons (Fsp3) is 0.500. The molecular weight excluding hydrogens is 290 g/mol. The van der Waals surface area contributed by atoms with Gasteiger partial charge in [-0.3, -0.25) is 19.3 Å². The first-order chi connectivity index (χ1) is 9.88. The smallest absolute Gasteiger partial charge is 0.232 e. The summed E-state index contributed by atoms with van der Waals surface area (Å²) in [5.41, 5.74) is 1.04. The summed E-state index contributed by atoms with van der Waals surface area (Å²) < 4.78 is 0. The lowest BCUT2D eigenvalue weighted by Crippen LogP contribution is -2.27. The van der Waals surface area contributed by atoms with Crippen molar-refractivity contribution in [3.8, 4) is 0 Å². The van der Waals surface area contributed by atoms with Gasteiger partial charge in [-0.05, 0) is 19.8 Å². The monoisotopic (exact) mass is 307 g/mol. The molecule has 1 aliphatic heterocycles. The predicted molar refractivity (Wildman–Crippen MR) is 80.4 cm³/mol. The molecule has 1 aliphatic rings. The molecule has 112 valence electrons. The number of rotatable bonds is 4. The minimum Gasteiger partial charge on any atom is -0.294 e. The Hall–Kier alpha value is -1.76. The molecule has 1 aromatic rings. The zero-order valence-corrected chi connectivity index (χ0v) is 13.1. The molecule has 1 saturated heterocycles. The second kappa shape index (κ2) is 6.34. The molecule has 0 spiro atoms. The van der Waals surface area contributed by atoms with Gasteiger partial charge in [0.1, 0.15) is 0 Å². The van der Waals surface area contributed by atoms with E-state index in [2.05, 4.69) is 9.97 Å². The quantitative estimate of drug-likeness (QED) is 0.786. The first kappa shape index (κ1) is 15.6. The molecule has 1 fully saturated rings. The Labute approximate surface area is 127 Å². The van der Waals surface area contributed by atoms with Gasteiger partial charge < -0.3 is 0 Å². The fourth-order valence-corrected chi connectivity index (χ4v) is 2.95. The topological polar surface area (TPSA) is 80.2 Å². The molecule has 0 N–H and O–H groups in total. The first-order valence-electron chi connectivity index (χ1n) is 6.66. The van der Waals surface area contributed by atoms with Crippen molar-refractivity contribution in [3.63, 3.8) is 0 Å². The van der Waals surface area contributed by atoms with Gasteiger partial charge in [0.05, 0.1) is 11.3 Å². The molecule has 1 atom stereocenters. The summed E-state index contributed by atoms with van der Waals surface area (Å²) in [5.74, 6) is 0.949. The zero-order chi connectivity index (χ0) is 15.6. The molecule has 2 heterocycles. The average molecular weight is 307 g/mol. The van der Waals surface area contributed by atoms with E-state index in [1.165, 1.54) is 36.7 Å². The largest absolute Gasteiger partial charge is 0.294 e. The third kappa shape index (κ3) is 3.66. The maximum Gasteiger partial charge on any atom is 0.232 e. The van der Waals surface area contributed by atoms with Crippen LogP contribution in [0.4, 0.5) is 5.95 Å². The molecule has 0 aromatic carbocycles. The number of carbonyl (C=O) groups excluding carboxylic acids is 3. The summed E-state index contributed by atoms with van der Waals surface area (Å²) in [6, 6.07) is 0. The van der Waals surface area contributed by atoms with Crippen molar-refractivity contribution in [1.82, 2.24) is 9.97 Å². The molecule has 7 heteroatoms. The van der Waals surface area contributed by atoms with Gasteiger partial charge in [-0.2, -0.15) is 0 Å². The molecule has 1 amide bonds. The van der Waals surface area contributed by atoms with Crippen LogP contribution in [-0.4, -0.2) is 39.1 Å². The lowest BCUT2D eigenvalue weighted by molar-refractivity contribution is -0.117. The number of thioether (sulfide) groups is 1. The third-order valence-electron chi connectivity index (χ3n) is 3.31. The van der Waals surface area contributed by atoms with E-state index in [-0.39, 0.29) is 22.7 Å². The fourth-order valence-electron chi connectivity index (χ4n) is 2.25. The van der Waals surface area contributed by atoms with E-state index in [0.29, 0.717) is 35.9 Å². The van der Waals surface area contributed by atoms with E-state index in [4.69, 9.17) is 0 Å². The molecule has 1 unspecified atom stereocenters. The highest BCUT2D eigenvalue weighted by atomic mass is 32.2. The number of carbonyl (C=O) groups is 3. The minimum atomic E-state index is -0.0949. The van der Waals surface area contributed by atoms with Gasteiger partial charge in [0.25, 0.3) is 0 Å². The second-order valence-electron chi connectivity index (χ2n) is 5.10. The number of aromatic nitrogens is 2. The van der Waals surface area contributed by atoms with Gasteiger partial charge in [-0.1, -0.05) is 11.8 Å². The number of Topliss-reactive ketones (excluding diaryl/α,β-unsaturated/α-hetero) is 1. The second-order valence-corrected chi connectivity index (χ2v) is 6.30. The summed E-state index contributed by atoms with van der Waals surface area (Å²) in [6.07, 6.45) is 1.86. The Morgan fingerprint density at radius 1 is 1.43 bits per heavy atom. The molecule has 6 nitrogen and oxygen atoms in total. The highest BCUT2D eigenvalue weighted by Gasteiger charge is 2.32. The van der Waals surface area contributed by atoms with E-state index < -0.39 is 0 Å². The van der Waals surface area contributed by atoms with Gasteiger partial charge in [0.2, 0.25) is 11.9 Å². The van der Waals surface area contributed by atoms with Crippen LogP contribution in [0, 0.1) is 12.8 Å². The standard InChI is InChI=1S/C14H17N3O3S/c1-8-12(9(2)18)5-15-14(16-8)17-6-11(4-13(17)20)7-21-10(3)19/h5,11H,4,6-7H2,1-3H3. The average Bonchev–Trinajstić information content (AvgIpc) is 2.77. The summed E-state index contributed by atoms with van der Waals surface area (Å²) in [5, 5.41) is 0.0544. The summed E-state index contributed by atoms with van der Waals surface area (Å²) in [6.45, 7) is 5.22. The minimum absolute atomic E-state index is 0.0425. The van der Waals surface area contributed by atoms with Crippen LogP contribution < -0.4 is 4.90 Å². The van der Waals surface area contributed by atoms with Crippen LogP contribution >= 0.6 is 11.8 Å². The number of hydrogen-bond donors (Lipinski definition) is 0. The van der Waals surface area contributed by atoms with Crippen molar-refractivity contribution >= 4 is 34.5 Å². The van der Waals surface area contributed by atoms with Crippen LogP contribution in [-0.2, 0) is 9.59 Å². The molecule has 0 bridgehead atoms. The SMILES string of the molecule is CC(=O)SCC1CC(=O)N(c2ncc(C(C)=O)c(C)n2)C1. The van der Waals surface area contributed by atoms with Gasteiger partial charge in [0.15, 0.2) is 10.9 Å². The molecule has 2 rings (SSSR count). The van der Waals surface area contributed by atoms with Gasteiger partial charge in [-0.25, -0.2) is 9.97 Å². The highest BCUT2D eigenvalue weighted by molar-refractivity contribution is 8.13. The van der Waals surface area contributed by atoms with Crippen LogP contribution in [0.5, 0.6) is 0 Å². The Kier molecular flexibility index (Phi) is 4.72. The van der Waals surface area contributed by atoms with Crippen LogP contribution in [0.1, 0.15) is 36.3 Å². The van der Waals surface area contributed by atoms with Gasteiger partial charge in [0, 0.05) is 31.8 Å². The third-order valence-corrected chi connectivity index (χ3v) is 4.36. The van der Waals surface area contributed by atoms with Gasteiger partial charge in [-0.15, -0.1) is 0 Å². The van der Waals surface area contributed by atoms with E-state index in [1.54, 1.807) is 6.92 Å². The predicted octanol–water partition coefficient (Wildman–Crippen LogP) is 1.62. The molecule has 1 aromatic heterocycles. The molecular formula is C14H17N3O3S. The lowest BCUT2D eigenvalue weighted by Gasteiger charge is -2.15. The summed E-state index contributed by atoms with van der Waals surface area (Å²) in [4.78, 5) is 44.3. The van der Waals surface area contributed by atoms with E-state index in [1.807, 2.05) is 0 Å². The Bertz CT molecular complexity index is 603. The molecule has 0 aliphatic carbocycles. The van der Waals surface area contributed by atoms with E-state index in [0.717, 1.165) is 0 Å². The van der Waals surface area contributed by atoms with Crippen molar-refractivity contribution < 1.29 is 14.4 Å². The highest BCUT2D eigenvalue weighted by Crippen LogP contribution is 2.25. The van der Waals surface area contributed by atoms with E-state index >= 15 is 0 Å². The van der Waals surface area contributed by atoms with Crippen molar-refractivity contribution in [2.45, 2.75) is 27.2 Å². The number of amides is 1. The maximum atomic E-state index is 12.0. The number of hydrogen-bond acceptors (Lipinski definition) is 6. The van der Waals surface area contributed by atoms with Gasteiger partial charge >= 0.3 is 0 Å². The Morgan fingerprint density at radius 3 is 2.71 bits per heavy atom. The normalized spacial score (nSPS) is 18.1. The lowest BCUT2D eigenvalue weighted by atomic mass is 10.1. The number of ketones is 1. The molecule has 21 heavy (non-hydrogen) atoms. The molecule has 0 radical (unpaired) electrons. The van der Waals surface area contributed by atoms with Crippen molar-refractivity contribution in [1.29, 1.82) is 0 Å². The van der Waals surface area contributed by atoms with Crippen LogP contribution in [0.15, 0.2) is 6.20 Å². The van der Waals surface area contributed by atoms with Crippen molar-refractivity contribution in [2.24, 2.45) is 5.92 Å². The number of aryl methyl sites for hydroxylation is 1. The summed E-state index contributed by atoms with van der Waals surface area (Å²) in [7, 11) is 0. The first-order valence-corrected chi connectivity index (χ1v) is 7.65. The van der Waals surface area contributed by atoms with Crippen LogP contribution in [0.3, 0.4) is 0 Å². The summed E-state index contributed by atoms with van der Waals surface area (Å²) >= 11 is 1.23. The van der Waals surface area contributed by atoms with E-state index in [9.17, 15) is 14.4 Å². The molecule has 0 saturated carbocycles. The number of anilines is 1.